The van der Waals surface area contributed by atoms with Crippen LogP contribution in [0.15, 0.2) is 29.8 Å². The van der Waals surface area contributed by atoms with E-state index in [4.69, 9.17) is 4.74 Å². The Labute approximate surface area is 192 Å². The first-order chi connectivity index (χ1) is 15.1. The van der Waals surface area contributed by atoms with Crippen LogP contribution in [-0.2, 0) is 9.53 Å². The van der Waals surface area contributed by atoms with E-state index >= 15 is 0 Å². The molecule has 2 aromatic rings. The molecule has 3 heterocycles. The van der Waals surface area contributed by atoms with Crippen LogP contribution >= 0.6 is 11.8 Å². The van der Waals surface area contributed by atoms with Gasteiger partial charge in [0.2, 0.25) is 5.91 Å². The van der Waals surface area contributed by atoms with Gasteiger partial charge in [-0.3, -0.25) is 4.79 Å². The molecule has 0 unspecified atom stereocenters. The molecule has 1 fully saturated rings. The molecule has 0 atom stereocenters. The molecule has 10 nitrogen and oxygen atoms in total. The lowest BCUT2D eigenvalue weighted by Gasteiger charge is -2.36. The van der Waals surface area contributed by atoms with Crippen molar-refractivity contribution in [3.63, 3.8) is 0 Å². The fourth-order valence-electron chi connectivity index (χ4n) is 3.12. The second-order valence-electron chi connectivity index (χ2n) is 8.81. The predicted molar refractivity (Wildman–Crippen MR) is 124 cm³/mol. The molecule has 3 rings (SSSR count). The fourth-order valence-corrected chi connectivity index (χ4v) is 3.96. The molecule has 0 bridgehead atoms. The van der Waals surface area contributed by atoms with Crippen LogP contribution < -0.4 is 10.2 Å². The van der Waals surface area contributed by atoms with Gasteiger partial charge in [0.15, 0.2) is 5.16 Å². The highest BCUT2D eigenvalue weighted by atomic mass is 32.2. The van der Waals surface area contributed by atoms with E-state index in [1.54, 1.807) is 23.5 Å². The van der Waals surface area contributed by atoms with E-state index in [1.807, 2.05) is 45.3 Å². The number of amides is 2. The molecule has 1 aliphatic rings. The molecule has 32 heavy (non-hydrogen) atoms. The normalized spacial score (nSPS) is 14.6. The van der Waals surface area contributed by atoms with Gasteiger partial charge in [-0.1, -0.05) is 11.8 Å². The summed E-state index contributed by atoms with van der Waals surface area (Å²) < 4.78 is 7.36. The molecule has 1 aliphatic heterocycles. The first-order valence-corrected chi connectivity index (χ1v) is 11.6. The van der Waals surface area contributed by atoms with Gasteiger partial charge in [0.1, 0.15) is 17.7 Å². The fraction of sp³-hybridized carbons (Fsp3) is 0.571. The Morgan fingerprint density at radius 3 is 2.50 bits per heavy atom. The van der Waals surface area contributed by atoms with Gasteiger partial charge in [0.25, 0.3) is 0 Å². The van der Waals surface area contributed by atoms with E-state index in [2.05, 4.69) is 25.4 Å². The Morgan fingerprint density at radius 2 is 1.91 bits per heavy atom. The minimum atomic E-state index is -0.497. The third-order valence-electron chi connectivity index (χ3n) is 4.74. The largest absolute Gasteiger partial charge is 0.444 e. The third-order valence-corrected chi connectivity index (χ3v) is 5.70. The van der Waals surface area contributed by atoms with E-state index in [-0.39, 0.29) is 23.8 Å². The summed E-state index contributed by atoms with van der Waals surface area (Å²) >= 11 is 1.34. The molecule has 0 saturated carbocycles. The highest BCUT2D eigenvalue weighted by Gasteiger charge is 2.26. The first kappa shape index (κ1) is 23.8. The number of aromatic nitrogens is 4. The summed E-state index contributed by atoms with van der Waals surface area (Å²) in [4.78, 5) is 32.7. The van der Waals surface area contributed by atoms with Gasteiger partial charge in [-0.2, -0.15) is 0 Å². The van der Waals surface area contributed by atoms with Crippen molar-refractivity contribution in [3.8, 4) is 0 Å². The van der Waals surface area contributed by atoms with Crippen molar-refractivity contribution in [3.05, 3.63) is 24.7 Å². The number of thioether (sulfide) groups is 1. The Morgan fingerprint density at radius 1 is 1.19 bits per heavy atom. The van der Waals surface area contributed by atoms with Crippen LogP contribution in [0.5, 0.6) is 0 Å². The van der Waals surface area contributed by atoms with Gasteiger partial charge in [0.05, 0.1) is 17.6 Å². The SMILES string of the molecule is CC(C)n1cnnc1SCC(=O)Nc1ccc(N2CCN(C(=O)OC(C)(C)C)CC2)cn1. The maximum atomic E-state index is 12.3. The summed E-state index contributed by atoms with van der Waals surface area (Å²) in [5.74, 6) is 0.568. The number of nitrogens with zero attached hydrogens (tertiary/aromatic N) is 6. The predicted octanol–water partition coefficient (Wildman–Crippen LogP) is 3.04. The van der Waals surface area contributed by atoms with Crippen LogP contribution in [0.25, 0.3) is 0 Å². The van der Waals surface area contributed by atoms with Crippen molar-refractivity contribution in [2.24, 2.45) is 0 Å². The average Bonchev–Trinajstić information content (AvgIpc) is 3.21. The smallest absolute Gasteiger partial charge is 0.410 e. The molecule has 1 N–H and O–H groups in total. The molecular formula is C21H31N7O3S. The standard InChI is InChI=1S/C21H31N7O3S/c1-15(2)28-14-23-25-19(28)32-13-18(29)24-17-7-6-16(12-22-17)26-8-10-27(11-9-26)20(30)31-21(3,4)5/h6-7,12,14-15H,8-11,13H2,1-5H3,(H,22,24,29). The summed E-state index contributed by atoms with van der Waals surface area (Å²) in [5, 5.41) is 11.5. The van der Waals surface area contributed by atoms with Crippen LogP contribution in [0.3, 0.4) is 0 Å². The zero-order chi connectivity index (χ0) is 23.3. The minimum absolute atomic E-state index is 0.153. The molecule has 0 radical (unpaired) electrons. The lowest BCUT2D eigenvalue weighted by molar-refractivity contribution is -0.113. The maximum Gasteiger partial charge on any atom is 0.410 e. The van der Waals surface area contributed by atoms with E-state index in [1.165, 1.54) is 11.8 Å². The van der Waals surface area contributed by atoms with Crippen molar-refractivity contribution >= 4 is 35.3 Å². The monoisotopic (exact) mass is 461 g/mol. The second kappa shape index (κ2) is 10.2. The zero-order valence-electron chi connectivity index (χ0n) is 19.2. The van der Waals surface area contributed by atoms with Gasteiger partial charge >= 0.3 is 6.09 Å². The Balaban J connectivity index is 1.46. The number of pyridine rings is 1. The molecule has 174 valence electrons. The van der Waals surface area contributed by atoms with Gasteiger partial charge in [-0.05, 0) is 46.8 Å². The van der Waals surface area contributed by atoms with Gasteiger partial charge in [0, 0.05) is 32.2 Å². The highest BCUT2D eigenvalue weighted by Crippen LogP contribution is 2.21. The zero-order valence-corrected chi connectivity index (χ0v) is 20.1. The number of carbonyl (C=O) groups is 2. The van der Waals surface area contributed by atoms with Crippen molar-refractivity contribution < 1.29 is 14.3 Å². The number of nitrogens with one attached hydrogen (secondary N) is 1. The molecule has 1 saturated heterocycles. The molecular weight excluding hydrogens is 430 g/mol. The first-order valence-electron chi connectivity index (χ1n) is 10.6. The molecule has 2 aromatic heterocycles. The molecule has 11 heteroatoms. The number of carbonyl (C=O) groups excluding carboxylic acids is 2. The van der Waals surface area contributed by atoms with Crippen molar-refractivity contribution in [2.75, 3.05) is 42.1 Å². The number of piperazine rings is 1. The summed E-state index contributed by atoms with van der Waals surface area (Å²) in [7, 11) is 0. The van der Waals surface area contributed by atoms with E-state index in [9.17, 15) is 9.59 Å². The van der Waals surface area contributed by atoms with E-state index < -0.39 is 5.60 Å². The Hall–Kier alpha value is -2.82. The topological polar surface area (TPSA) is 105 Å². The summed E-state index contributed by atoms with van der Waals surface area (Å²) in [5.41, 5.74) is 0.453. The highest BCUT2D eigenvalue weighted by molar-refractivity contribution is 7.99. The van der Waals surface area contributed by atoms with Crippen LogP contribution in [0.4, 0.5) is 16.3 Å². The Kier molecular flexibility index (Phi) is 7.60. The van der Waals surface area contributed by atoms with Crippen LogP contribution in [0.2, 0.25) is 0 Å². The number of anilines is 2. The number of hydrogen-bond acceptors (Lipinski definition) is 8. The second-order valence-corrected chi connectivity index (χ2v) is 9.75. The van der Waals surface area contributed by atoms with Crippen LogP contribution in [0, 0.1) is 0 Å². The third kappa shape index (κ3) is 6.59. The number of rotatable bonds is 6. The van der Waals surface area contributed by atoms with Gasteiger partial charge in [-0.15, -0.1) is 10.2 Å². The van der Waals surface area contributed by atoms with Crippen LogP contribution in [-0.4, -0.2) is 74.2 Å². The molecule has 0 spiro atoms. The quantitative estimate of drug-likeness (QED) is 0.655. The molecule has 2 amide bonds. The molecule has 0 aromatic carbocycles. The summed E-state index contributed by atoms with van der Waals surface area (Å²) in [6, 6.07) is 3.94. The van der Waals surface area contributed by atoms with E-state index in [0.29, 0.717) is 37.2 Å². The molecule has 0 aliphatic carbocycles. The lowest BCUT2D eigenvalue weighted by Crippen LogP contribution is -2.50. The lowest BCUT2D eigenvalue weighted by atomic mass is 10.2. The summed E-state index contributed by atoms with van der Waals surface area (Å²) in [6.45, 7) is 12.2. The number of hydrogen-bond donors (Lipinski definition) is 1. The van der Waals surface area contributed by atoms with Crippen molar-refractivity contribution in [1.82, 2.24) is 24.6 Å². The maximum absolute atomic E-state index is 12.3. The average molecular weight is 462 g/mol. The summed E-state index contributed by atoms with van der Waals surface area (Å²) in [6.07, 6.45) is 3.12. The van der Waals surface area contributed by atoms with E-state index in [0.717, 1.165) is 5.69 Å². The van der Waals surface area contributed by atoms with Gasteiger partial charge < -0.3 is 24.4 Å². The number of ether oxygens (including phenoxy) is 1. The minimum Gasteiger partial charge on any atom is -0.444 e. The Bertz CT molecular complexity index is 916. The van der Waals surface area contributed by atoms with Crippen molar-refractivity contribution in [2.45, 2.75) is 51.4 Å². The van der Waals surface area contributed by atoms with Gasteiger partial charge in [-0.25, -0.2) is 9.78 Å². The van der Waals surface area contributed by atoms with Crippen LogP contribution in [0.1, 0.15) is 40.7 Å². The van der Waals surface area contributed by atoms with Crippen molar-refractivity contribution in [1.29, 1.82) is 0 Å².